The first kappa shape index (κ1) is 14.3. The van der Waals surface area contributed by atoms with Gasteiger partial charge < -0.3 is 11.5 Å². The van der Waals surface area contributed by atoms with Gasteiger partial charge in [0.2, 0.25) is 0 Å². The Morgan fingerprint density at radius 1 is 1.40 bits per heavy atom. The van der Waals surface area contributed by atoms with E-state index in [1.165, 1.54) is 6.07 Å². The number of guanidine groups is 1. The number of aryl methyl sites for hydroxylation is 1. The highest BCUT2D eigenvalue weighted by Crippen LogP contribution is 2.35. The van der Waals surface area contributed by atoms with E-state index in [9.17, 15) is 13.2 Å². The van der Waals surface area contributed by atoms with Crippen LogP contribution in [0.25, 0.3) is 5.57 Å². The third-order valence-corrected chi connectivity index (χ3v) is 4.86. The molecule has 1 amide bonds. The number of benzene rings is 1. The van der Waals surface area contributed by atoms with E-state index in [4.69, 9.17) is 11.5 Å². The Labute approximate surface area is 117 Å². The number of fused-ring (bicyclic) bond motifs is 1. The molecular weight excluding hydrogens is 278 g/mol. The third-order valence-electron chi connectivity index (χ3n) is 3.13. The van der Waals surface area contributed by atoms with Gasteiger partial charge in [-0.3, -0.25) is 4.79 Å². The van der Waals surface area contributed by atoms with Crippen LogP contribution < -0.4 is 11.5 Å². The number of hydrogen-bond donors (Lipinski definition) is 2. The average Bonchev–Trinajstić information content (AvgIpc) is 2.57. The summed E-state index contributed by atoms with van der Waals surface area (Å²) in [5.41, 5.74) is 12.4. The van der Waals surface area contributed by atoms with Crippen LogP contribution in [-0.2, 0) is 16.3 Å². The highest BCUT2D eigenvalue weighted by molar-refractivity contribution is 7.92. The second-order valence-corrected chi connectivity index (χ2v) is 6.52. The predicted molar refractivity (Wildman–Crippen MR) is 77.0 cm³/mol. The molecule has 0 saturated carbocycles. The molecule has 1 aliphatic heterocycles. The Bertz CT molecular complexity index is 744. The van der Waals surface area contributed by atoms with Gasteiger partial charge in [-0.05, 0) is 35.3 Å². The van der Waals surface area contributed by atoms with Crippen molar-refractivity contribution in [2.75, 3.05) is 5.75 Å². The Balaban J connectivity index is 2.70. The Morgan fingerprint density at radius 3 is 2.60 bits per heavy atom. The van der Waals surface area contributed by atoms with Crippen molar-refractivity contribution in [3.8, 4) is 0 Å². The van der Waals surface area contributed by atoms with E-state index in [1.807, 2.05) is 6.92 Å². The lowest BCUT2D eigenvalue weighted by Gasteiger charge is -2.08. The van der Waals surface area contributed by atoms with Crippen LogP contribution in [-0.4, -0.2) is 26.0 Å². The summed E-state index contributed by atoms with van der Waals surface area (Å²) < 4.78 is 24.0. The minimum absolute atomic E-state index is 0.119. The normalized spacial score (nSPS) is 15.8. The maximum absolute atomic E-state index is 12.0. The molecule has 0 saturated heterocycles. The standard InChI is InChI=1S/C13H15N3O3S/c1-3-8-4-9-7(2)6-20(18,19)11(9)5-10(8)12(17)16-13(14)15/h4-5H,2-3,6H2,1H3,(H4,14,15,16,17). The van der Waals surface area contributed by atoms with E-state index >= 15 is 0 Å². The maximum atomic E-state index is 12.0. The Morgan fingerprint density at radius 2 is 2.05 bits per heavy atom. The van der Waals surface area contributed by atoms with Crippen molar-refractivity contribution in [2.24, 2.45) is 16.5 Å². The van der Waals surface area contributed by atoms with Crippen LogP contribution >= 0.6 is 0 Å². The van der Waals surface area contributed by atoms with Crippen LogP contribution in [0.15, 0.2) is 28.6 Å². The molecule has 4 N–H and O–H groups in total. The number of carbonyl (C=O) groups excluding carboxylic acids is 1. The highest BCUT2D eigenvalue weighted by atomic mass is 32.2. The van der Waals surface area contributed by atoms with Crippen molar-refractivity contribution in [1.82, 2.24) is 0 Å². The number of carbonyl (C=O) groups is 1. The van der Waals surface area contributed by atoms with Gasteiger partial charge in [-0.25, -0.2) is 8.42 Å². The molecule has 6 nitrogen and oxygen atoms in total. The molecule has 7 heteroatoms. The molecule has 106 valence electrons. The predicted octanol–water partition coefficient (Wildman–Crippen LogP) is 0.463. The largest absolute Gasteiger partial charge is 0.370 e. The molecule has 0 aliphatic carbocycles. The van der Waals surface area contributed by atoms with Crippen LogP contribution in [0.5, 0.6) is 0 Å². The van der Waals surface area contributed by atoms with Crippen molar-refractivity contribution in [2.45, 2.75) is 18.2 Å². The Hall–Kier alpha value is -2.15. The van der Waals surface area contributed by atoms with Gasteiger partial charge in [0.25, 0.3) is 5.91 Å². The summed E-state index contributed by atoms with van der Waals surface area (Å²) in [6.45, 7) is 5.62. The molecule has 0 radical (unpaired) electrons. The molecule has 0 atom stereocenters. The lowest BCUT2D eigenvalue weighted by molar-refractivity contribution is 0.100. The number of amides is 1. The first-order valence-electron chi connectivity index (χ1n) is 5.98. The molecule has 20 heavy (non-hydrogen) atoms. The summed E-state index contributed by atoms with van der Waals surface area (Å²) in [4.78, 5) is 15.5. The lowest BCUT2D eigenvalue weighted by Crippen LogP contribution is -2.24. The topological polar surface area (TPSA) is 116 Å². The molecule has 1 aromatic rings. The van der Waals surface area contributed by atoms with E-state index in [1.54, 1.807) is 6.07 Å². The molecule has 1 aromatic carbocycles. The van der Waals surface area contributed by atoms with E-state index < -0.39 is 15.7 Å². The summed E-state index contributed by atoms with van der Waals surface area (Å²) in [5, 5.41) is 0. The van der Waals surface area contributed by atoms with Gasteiger partial charge in [0.15, 0.2) is 15.8 Å². The Kier molecular flexibility index (Phi) is 3.39. The van der Waals surface area contributed by atoms with E-state index in [0.29, 0.717) is 23.1 Å². The van der Waals surface area contributed by atoms with E-state index in [0.717, 1.165) is 0 Å². The molecule has 2 rings (SSSR count). The summed E-state index contributed by atoms with van der Waals surface area (Å²) in [6, 6.07) is 3.02. The van der Waals surface area contributed by atoms with E-state index in [-0.39, 0.29) is 22.2 Å². The van der Waals surface area contributed by atoms with Gasteiger partial charge in [-0.2, -0.15) is 4.99 Å². The fraction of sp³-hybridized carbons (Fsp3) is 0.231. The number of nitrogens with zero attached hydrogens (tertiary/aromatic N) is 1. The highest BCUT2D eigenvalue weighted by Gasteiger charge is 2.31. The molecule has 0 unspecified atom stereocenters. The van der Waals surface area contributed by atoms with Gasteiger partial charge >= 0.3 is 0 Å². The van der Waals surface area contributed by atoms with Crippen LogP contribution in [0.2, 0.25) is 0 Å². The summed E-state index contributed by atoms with van der Waals surface area (Å²) in [5.74, 6) is -1.12. The van der Waals surface area contributed by atoms with Gasteiger partial charge in [0, 0.05) is 5.56 Å². The average molecular weight is 293 g/mol. The van der Waals surface area contributed by atoms with Crippen molar-refractivity contribution in [3.05, 3.63) is 35.4 Å². The molecule has 0 fully saturated rings. The van der Waals surface area contributed by atoms with Crippen molar-refractivity contribution >= 4 is 27.3 Å². The summed E-state index contributed by atoms with van der Waals surface area (Å²) in [7, 11) is -3.43. The second-order valence-electron chi connectivity index (χ2n) is 4.56. The van der Waals surface area contributed by atoms with Crippen molar-refractivity contribution < 1.29 is 13.2 Å². The minimum atomic E-state index is -3.43. The smallest absolute Gasteiger partial charge is 0.280 e. The zero-order chi connectivity index (χ0) is 15.1. The van der Waals surface area contributed by atoms with Crippen LogP contribution in [0.1, 0.15) is 28.4 Å². The number of nitrogens with two attached hydrogens (primary N) is 2. The van der Waals surface area contributed by atoms with Crippen LogP contribution in [0.3, 0.4) is 0 Å². The van der Waals surface area contributed by atoms with Gasteiger partial charge in [0.1, 0.15) is 0 Å². The molecule has 1 aliphatic rings. The summed E-state index contributed by atoms with van der Waals surface area (Å²) >= 11 is 0. The zero-order valence-electron chi connectivity index (χ0n) is 11.0. The summed E-state index contributed by atoms with van der Waals surface area (Å²) in [6.07, 6.45) is 0.557. The fourth-order valence-electron chi connectivity index (χ4n) is 2.21. The second kappa shape index (κ2) is 4.75. The zero-order valence-corrected chi connectivity index (χ0v) is 11.8. The van der Waals surface area contributed by atoms with Crippen molar-refractivity contribution in [1.29, 1.82) is 0 Å². The maximum Gasteiger partial charge on any atom is 0.280 e. The third kappa shape index (κ3) is 2.32. The molecule has 0 bridgehead atoms. The SMILES string of the molecule is C=C1CS(=O)(=O)c2cc(C(=O)N=C(N)N)c(CC)cc21. The lowest BCUT2D eigenvalue weighted by atomic mass is 9.98. The van der Waals surface area contributed by atoms with Crippen LogP contribution in [0, 0.1) is 0 Å². The van der Waals surface area contributed by atoms with Crippen LogP contribution in [0.4, 0.5) is 0 Å². The monoisotopic (exact) mass is 293 g/mol. The number of hydrogen-bond acceptors (Lipinski definition) is 3. The number of sulfone groups is 1. The number of aliphatic imine (C=N–C) groups is 1. The minimum Gasteiger partial charge on any atom is -0.370 e. The molecule has 1 heterocycles. The van der Waals surface area contributed by atoms with Gasteiger partial charge in [-0.1, -0.05) is 13.5 Å². The first-order chi connectivity index (χ1) is 9.26. The molecular formula is C13H15N3O3S. The van der Waals surface area contributed by atoms with Gasteiger partial charge in [-0.15, -0.1) is 0 Å². The van der Waals surface area contributed by atoms with Gasteiger partial charge in [0.05, 0.1) is 10.6 Å². The first-order valence-corrected chi connectivity index (χ1v) is 7.63. The molecule has 0 aromatic heterocycles. The molecule has 0 spiro atoms. The quantitative estimate of drug-likeness (QED) is 0.607. The fourth-order valence-corrected chi connectivity index (χ4v) is 3.82. The van der Waals surface area contributed by atoms with Crippen molar-refractivity contribution in [3.63, 3.8) is 0 Å². The van der Waals surface area contributed by atoms with E-state index in [2.05, 4.69) is 11.6 Å². The number of rotatable bonds is 2.